The van der Waals surface area contributed by atoms with Crippen molar-refractivity contribution in [3.63, 3.8) is 0 Å². The van der Waals surface area contributed by atoms with Crippen LogP contribution in [0.5, 0.6) is 0 Å². The lowest BCUT2D eigenvalue weighted by Gasteiger charge is -1.96. The van der Waals surface area contributed by atoms with E-state index in [1.807, 2.05) is 25.1 Å². The maximum absolute atomic E-state index is 5.87. The highest BCUT2D eigenvalue weighted by Crippen LogP contribution is 2.20. The summed E-state index contributed by atoms with van der Waals surface area (Å²) >= 11 is 8.07. The number of benzene rings is 1. The van der Waals surface area contributed by atoms with E-state index in [1.54, 1.807) is 0 Å². The van der Waals surface area contributed by atoms with Gasteiger partial charge < -0.3 is 0 Å². The van der Waals surface area contributed by atoms with Gasteiger partial charge in [0, 0.05) is 9.13 Å². The van der Waals surface area contributed by atoms with Crippen molar-refractivity contribution in [2.24, 2.45) is 0 Å². The molecule has 0 unspecified atom stereocenters. The van der Waals surface area contributed by atoms with Crippen molar-refractivity contribution in [3.8, 4) is 11.8 Å². The maximum atomic E-state index is 5.87. The Morgan fingerprint density at radius 1 is 1.45 bits per heavy atom. The van der Waals surface area contributed by atoms with Crippen LogP contribution in [-0.2, 0) is 0 Å². The van der Waals surface area contributed by atoms with Crippen LogP contribution in [0.25, 0.3) is 0 Å². The van der Waals surface area contributed by atoms with Gasteiger partial charge in [-0.2, -0.15) is 0 Å². The fourth-order valence-corrected chi connectivity index (χ4v) is 1.40. The molecule has 0 spiro atoms. The standard InChI is InChI=1S/C9H6ClI/c1-2-4-7-5-3-6-8(10)9(7)11/h3,5-6H,1H3. The van der Waals surface area contributed by atoms with Gasteiger partial charge in [0.25, 0.3) is 0 Å². The summed E-state index contributed by atoms with van der Waals surface area (Å²) in [6.07, 6.45) is 0. The van der Waals surface area contributed by atoms with Crippen LogP contribution in [0, 0.1) is 15.4 Å². The Kier molecular flexibility index (Phi) is 3.22. The van der Waals surface area contributed by atoms with E-state index in [4.69, 9.17) is 11.6 Å². The predicted molar refractivity (Wildman–Crippen MR) is 56.7 cm³/mol. The third kappa shape index (κ3) is 2.11. The van der Waals surface area contributed by atoms with Crippen molar-refractivity contribution in [3.05, 3.63) is 32.4 Å². The van der Waals surface area contributed by atoms with Crippen LogP contribution in [0.15, 0.2) is 18.2 Å². The number of rotatable bonds is 0. The molecule has 1 rings (SSSR count). The van der Waals surface area contributed by atoms with Crippen LogP contribution in [-0.4, -0.2) is 0 Å². The summed E-state index contributed by atoms with van der Waals surface area (Å²) < 4.78 is 1.03. The fraction of sp³-hybridized carbons (Fsp3) is 0.111. The Morgan fingerprint density at radius 3 is 2.82 bits per heavy atom. The van der Waals surface area contributed by atoms with Crippen LogP contribution in [0.1, 0.15) is 12.5 Å². The van der Waals surface area contributed by atoms with Crippen molar-refractivity contribution in [1.29, 1.82) is 0 Å². The molecule has 0 aromatic heterocycles. The fourth-order valence-electron chi connectivity index (χ4n) is 0.735. The van der Waals surface area contributed by atoms with E-state index >= 15 is 0 Å². The van der Waals surface area contributed by atoms with Gasteiger partial charge in [0.1, 0.15) is 0 Å². The van der Waals surface area contributed by atoms with Gasteiger partial charge in [0.2, 0.25) is 0 Å². The highest BCUT2D eigenvalue weighted by molar-refractivity contribution is 14.1. The highest BCUT2D eigenvalue weighted by atomic mass is 127. The van der Waals surface area contributed by atoms with Gasteiger partial charge >= 0.3 is 0 Å². The molecule has 0 radical (unpaired) electrons. The Hall–Kier alpha value is -0.200. The van der Waals surface area contributed by atoms with Crippen LogP contribution in [0.2, 0.25) is 5.02 Å². The third-order valence-corrected chi connectivity index (χ3v) is 3.01. The van der Waals surface area contributed by atoms with Gasteiger partial charge in [0.15, 0.2) is 0 Å². The minimum Gasteiger partial charge on any atom is -0.101 e. The number of hydrogen-bond acceptors (Lipinski definition) is 0. The molecule has 1 aromatic rings. The molecule has 0 aliphatic carbocycles. The Bertz CT molecular complexity index is 320. The predicted octanol–water partition coefficient (Wildman–Crippen LogP) is 3.32. The zero-order valence-electron chi connectivity index (χ0n) is 5.99. The van der Waals surface area contributed by atoms with Gasteiger partial charge in [-0.1, -0.05) is 23.6 Å². The first-order chi connectivity index (χ1) is 5.25. The molecular weight excluding hydrogens is 270 g/mol. The van der Waals surface area contributed by atoms with Gasteiger partial charge in [-0.25, -0.2) is 0 Å². The third-order valence-electron chi connectivity index (χ3n) is 1.21. The molecule has 0 saturated heterocycles. The Balaban J connectivity index is 3.23. The van der Waals surface area contributed by atoms with E-state index in [0.29, 0.717) is 0 Å². The molecule has 0 fully saturated rings. The van der Waals surface area contributed by atoms with E-state index in [2.05, 4.69) is 34.4 Å². The topological polar surface area (TPSA) is 0 Å². The molecule has 56 valence electrons. The summed E-state index contributed by atoms with van der Waals surface area (Å²) in [5.74, 6) is 5.81. The molecule has 0 atom stereocenters. The van der Waals surface area contributed by atoms with Gasteiger partial charge in [0.05, 0.1) is 5.02 Å². The molecule has 11 heavy (non-hydrogen) atoms. The lowest BCUT2D eigenvalue weighted by atomic mass is 10.2. The summed E-state index contributed by atoms with van der Waals surface area (Å²) in [7, 11) is 0. The second-order valence-electron chi connectivity index (χ2n) is 1.98. The molecule has 0 amide bonds. The van der Waals surface area contributed by atoms with Gasteiger partial charge in [-0.15, -0.1) is 5.92 Å². The van der Waals surface area contributed by atoms with Gasteiger partial charge in [-0.3, -0.25) is 0 Å². The molecule has 2 heteroatoms. The molecule has 0 aliphatic heterocycles. The summed E-state index contributed by atoms with van der Waals surface area (Å²) in [5.41, 5.74) is 1.00. The molecule has 0 nitrogen and oxygen atoms in total. The number of halogens is 2. The van der Waals surface area contributed by atoms with Crippen molar-refractivity contribution < 1.29 is 0 Å². The van der Waals surface area contributed by atoms with Gasteiger partial charge in [-0.05, 0) is 41.6 Å². The minimum atomic E-state index is 0.769. The molecule has 0 N–H and O–H groups in total. The molecular formula is C9H6ClI. The summed E-state index contributed by atoms with van der Waals surface area (Å²) in [6.45, 7) is 1.82. The summed E-state index contributed by atoms with van der Waals surface area (Å²) in [5, 5.41) is 0.769. The second kappa shape index (κ2) is 3.99. The SMILES string of the molecule is CC#Cc1cccc(Cl)c1I. The first-order valence-electron chi connectivity index (χ1n) is 3.12. The summed E-state index contributed by atoms with van der Waals surface area (Å²) in [6, 6.07) is 5.73. The van der Waals surface area contributed by atoms with Crippen LogP contribution < -0.4 is 0 Å². The van der Waals surface area contributed by atoms with Crippen LogP contribution >= 0.6 is 34.2 Å². The molecule has 1 aromatic carbocycles. The maximum Gasteiger partial charge on any atom is 0.0552 e. The molecule has 0 aliphatic rings. The van der Waals surface area contributed by atoms with E-state index < -0.39 is 0 Å². The van der Waals surface area contributed by atoms with Crippen molar-refractivity contribution >= 4 is 34.2 Å². The van der Waals surface area contributed by atoms with Crippen LogP contribution in [0.4, 0.5) is 0 Å². The first kappa shape index (κ1) is 8.89. The van der Waals surface area contributed by atoms with E-state index in [9.17, 15) is 0 Å². The largest absolute Gasteiger partial charge is 0.101 e. The zero-order valence-corrected chi connectivity index (χ0v) is 8.90. The van der Waals surface area contributed by atoms with Crippen LogP contribution in [0.3, 0.4) is 0 Å². The van der Waals surface area contributed by atoms with E-state index in [1.165, 1.54) is 0 Å². The van der Waals surface area contributed by atoms with E-state index in [0.717, 1.165) is 14.2 Å². The molecule has 0 saturated carbocycles. The normalized spacial score (nSPS) is 8.64. The lowest BCUT2D eigenvalue weighted by Crippen LogP contribution is -1.81. The summed E-state index contributed by atoms with van der Waals surface area (Å²) in [4.78, 5) is 0. The van der Waals surface area contributed by atoms with Crippen molar-refractivity contribution in [2.45, 2.75) is 6.92 Å². The lowest BCUT2D eigenvalue weighted by molar-refractivity contribution is 1.58. The average Bonchev–Trinajstić information content (AvgIpc) is 1.99. The van der Waals surface area contributed by atoms with E-state index in [-0.39, 0.29) is 0 Å². The smallest absolute Gasteiger partial charge is 0.0552 e. The molecule has 0 heterocycles. The first-order valence-corrected chi connectivity index (χ1v) is 4.58. The molecule has 0 bridgehead atoms. The van der Waals surface area contributed by atoms with Crippen molar-refractivity contribution in [1.82, 2.24) is 0 Å². The Labute approximate surface area is 85.1 Å². The zero-order chi connectivity index (χ0) is 8.27. The Morgan fingerprint density at radius 2 is 2.18 bits per heavy atom. The van der Waals surface area contributed by atoms with Crippen molar-refractivity contribution in [2.75, 3.05) is 0 Å². The quantitative estimate of drug-likeness (QED) is 0.504. The second-order valence-corrected chi connectivity index (χ2v) is 3.46. The number of hydrogen-bond donors (Lipinski definition) is 0. The average molecular weight is 277 g/mol. The highest BCUT2D eigenvalue weighted by Gasteiger charge is 1.98. The monoisotopic (exact) mass is 276 g/mol. The minimum absolute atomic E-state index is 0.769.